The number of halogens is 2. The molecule has 0 bridgehead atoms. The molecule has 0 aromatic heterocycles. The summed E-state index contributed by atoms with van der Waals surface area (Å²) in [5.41, 5.74) is 1.66. The number of nitrogens with zero attached hydrogens (tertiary/aromatic N) is 2. The topological polar surface area (TPSA) is 44.8 Å². The minimum atomic E-state index is 0. The molecule has 1 aromatic rings. The standard InChI is InChI=1S/C21H31N3O2.2ClH/c1-2-26-18-5-3-17(4-6-18)16-23-11-13-24(14-12-23)20(25)19-15-21(19)7-9-22-10-8-21;;/h3-6,19,22H,2,7-16H2,1H3;2*1H. The molecule has 7 heteroatoms. The molecule has 2 heterocycles. The van der Waals surface area contributed by atoms with Gasteiger partial charge in [0.25, 0.3) is 0 Å². The van der Waals surface area contributed by atoms with Crippen LogP contribution in [0.2, 0.25) is 0 Å². The van der Waals surface area contributed by atoms with Gasteiger partial charge >= 0.3 is 0 Å². The summed E-state index contributed by atoms with van der Waals surface area (Å²) in [5, 5.41) is 3.42. The summed E-state index contributed by atoms with van der Waals surface area (Å²) in [6.07, 6.45) is 3.49. The van der Waals surface area contributed by atoms with Crippen LogP contribution in [0, 0.1) is 11.3 Å². The van der Waals surface area contributed by atoms with E-state index in [2.05, 4.69) is 27.2 Å². The fraction of sp³-hybridized carbons (Fsp3) is 0.667. The van der Waals surface area contributed by atoms with Gasteiger partial charge in [0.1, 0.15) is 5.75 Å². The SMILES string of the molecule is CCOc1ccc(CN2CCN(C(=O)C3CC34CCNCC4)CC2)cc1.Cl.Cl. The van der Waals surface area contributed by atoms with Gasteiger partial charge in [-0.3, -0.25) is 9.69 Å². The molecule has 3 fully saturated rings. The van der Waals surface area contributed by atoms with Crippen LogP contribution in [0.15, 0.2) is 24.3 Å². The van der Waals surface area contributed by atoms with Crippen molar-refractivity contribution >= 4 is 30.7 Å². The van der Waals surface area contributed by atoms with Crippen molar-refractivity contribution in [3.05, 3.63) is 29.8 Å². The molecule has 1 aliphatic carbocycles. The number of amides is 1. The lowest BCUT2D eigenvalue weighted by Gasteiger charge is -2.35. The first kappa shape index (κ1) is 23.3. The molecule has 3 aliphatic rings. The van der Waals surface area contributed by atoms with Gasteiger partial charge in [0.2, 0.25) is 5.91 Å². The molecule has 1 N–H and O–H groups in total. The van der Waals surface area contributed by atoms with Crippen molar-refractivity contribution in [2.45, 2.75) is 32.7 Å². The van der Waals surface area contributed by atoms with Gasteiger partial charge in [-0.25, -0.2) is 0 Å². The minimum absolute atomic E-state index is 0. The normalized spacial score (nSPS) is 23.5. The maximum Gasteiger partial charge on any atom is 0.226 e. The Morgan fingerprint density at radius 1 is 1.11 bits per heavy atom. The van der Waals surface area contributed by atoms with E-state index in [1.165, 1.54) is 18.4 Å². The Bertz CT molecular complexity index is 627. The highest BCUT2D eigenvalue weighted by Gasteiger charge is 2.58. The Morgan fingerprint density at radius 2 is 1.75 bits per heavy atom. The van der Waals surface area contributed by atoms with E-state index in [4.69, 9.17) is 4.74 Å². The van der Waals surface area contributed by atoms with Gasteiger partial charge in [0, 0.05) is 38.6 Å². The van der Waals surface area contributed by atoms with E-state index >= 15 is 0 Å². The van der Waals surface area contributed by atoms with Crippen LogP contribution < -0.4 is 10.1 Å². The zero-order valence-electron chi connectivity index (χ0n) is 16.7. The molecule has 2 aliphatic heterocycles. The molecular formula is C21H33Cl2N3O2. The quantitative estimate of drug-likeness (QED) is 0.780. The highest BCUT2D eigenvalue weighted by molar-refractivity contribution is 5.85. The van der Waals surface area contributed by atoms with Gasteiger partial charge in [0.15, 0.2) is 0 Å². The first-order chi connectivity index (χ1) is 12.7. The van der Waals surface area contributed by atoms with Crippen molar-refractivity contribution in [2.75, 3.05) is 45.9 Å². The molecule has 4 rings (SSSR count). The van der Waals surface area contributed by atoms with Crippen molar-refractivity contribution in [3.8, 4) is 5.75 Å². The third-order valence-corrected chi connectivity index (χ3v) is 6.41. The monoisotopic (exact) mass is 429 g/mol. The Labute approximate surface area is 181 Å². The highest BCUT2D eigenvalue weighted by atomic mass is 35.5. The van der Waals surface area contributed by atoms with E-state index < -0.39 is 0 Å². The van der Waals surface area contributed by atoms with Gasteiger partial charge < -0.3 is 15.0 Å². The number of carbonyl (C=O) groups excluding carboxylic acids is 1. The average molecular weight is 430 g/mol. The van der Waals surface area contributed by atoms with E-state index in [-0.39, 0.29) is 24.8 Å². The van der Waals surface area contributed by atoms with Gasteiger partial charge in [-0.2, -0.15) is 0 Å². The predicted molar refractivity (Wildman–Crippen MR) is 117 cm³/mol. The lowest BCUT2D eigenvalue weighted by atomic mass is 9.91. The molecule has 1 saturated carbocycles. The zero-order chi connectivity index (χ0) is 18.0. The van der Waals surface area contributed by atoms with Crippen LogP contribution in [0.5, 0.6) is 5.75 Å². The smallest absolute Gasteiger partial charge is 0.226 e. The summed E-state index contributed by atoms with van der Waals surface area (Å²) in [7, 11) is 0. The van der Waals surface area contributed by atoms with E-state index in [1.807, 2.05) is 19.1 Å². The molecule has 28 heavy (non-hydrogen) atoms. The molecule has 5 nitrogen and oxygen atoms in total. The molecule has 1 spiro atoms. The maximum atomic E-state index is 12.9. The lowest BCUT2D eigenvalue weighted by molar-refractivity contribution is -0.135. The van der Waals surface area contributed by atoms with E-state index in [1.54, 1.807) is 0 Å². The molecule has 158 valence electrons. The minimum Gasteiger partial charge on any atom is -0.494 e. The second kappa shape index (κ2) is 10.1. The van der Waals surface area contributed by atoms with Gasteiger partial charge in [-0.1, -0.05) is 12.1 Å². The van der Waals surface area contributed by atoms with Crippen LogP contribution in [0.4, 0.5) is 0 Å². The van der Waals surface area contributed by atoms with Gasteiger partial charge in [-0.05, 0) is 62.4 Å². The Hall–Kier alpha value is -1.01. The lowest BCUT2D eigenvalue weighted by Crippen LogP contribution is -2.49. The number of piperazine rings is 1. The zero-order valence-corrected chi connectivity index (χ0v) is 18.3. The first-order valence-electron chi connectivity index (χ1n) is 10.1. The van der Waals surface area contributed by atoms with Crippen molar-refractivity contribution in [1.29, 1.82) is 0 Å². The molecule has 0 radical (unpaired) electrons. The molecular weight excluding hydrogens is 397 g/mol. The number of rotatable bonds is 5. The largest absolute Gasteiger partial charge is 0.494 e. The van der Waals surface area contributed by atoms with Crippen LogP contribution in [0.25, 0.3) is 0 Å². The van der Waals surface area contributed by atoms with E-state index in [9.17, 15) is 4.79 Å². The fourth-order valence-corrected chi connectivity index (χ4v) is 4.64. The Balaban J connectivity index is 0.00000140. The molecule has 2 saturated heterocycles. The summed E-state index contributed by atoms with van der Waals surface area (Å²) in [6.45, 7) is 9.52. The summed E-state index contributed by atoms with van der Waals surface area (Å²) in [5.74, 6) is 1.66. The van der Waals surface area contributed by atoms with Crippen molar-refractivity contribution in [1.82, 2.24) is 15.1 Å². The summed E-state index contributed by atoms with van der Waals surface area (Å²) in [4.78, 5) is 17.4. The van der Waals surface area contributed by atoms with E-state index in [0.29, 0.717) is 23.8 Å². The van der Waals surface area contributed by atoms with Crippen LogP contribution in [0.3, 0.4) is 0 Å². The maximum absolute atomic E-state index is 12.9. The third kappa shape index (κ3) is 5.12. The molecule has 1 atom stereocenters. The molecule has 1 unspecified atom stereocenters. The number of piperidine rings is 1. The summed E-state index contributed by atoms with van der Waals surface area (Å²) in [6, 6.07) is 8.38. The highest BCUT2D eigenvalue weighted by Crippen LogP contribution is 2.59. The average Bonchev–Trinajstić information content (AvgIpc) is 3.37. The van der Waals surface area contributed by atoms with Crippen LogP contribution >= 0.6 is 24.8 Å². The van der Waals surface area contributed by atoms with Crippen LogP contribution in [-0.2, 0) is 11.3 Å². The Kier molecular flexibility index (Phi) is 8.44. The predicted octanol–water partition coefficient (Wildman–Crippen LogP) is 2.96. The van der Waals surface area contributed by atoms with E-state index in [0.717, 1.165) is 58.0 Å². The Morgan fingerprint density at radius 3 is 2.36 bits per heavy atom. The fourth-order valence-electron chi connectivity index (χ4n) is 4.64. The van der Waals surface area contributed by atoms with Crippen molar-refractivity contribution < 1.29 is 9.53 Å². The third-order valence-electron chi connectivity index (χ3n) is 6.41. The number of hydrogen-bond donors (Lipinski definition) is 1. The number of hydrogen-bond acceptors (Lipinski definition) is 4. The number of ether oxygens (including phenoxy) is 1. The summed E-state index contributed by atoms with van der Waals surface area (Å²) < 4.78 is 5.51. The second-order valence-corrected chi connectivity index (χ2v) is 8.05. The summed E-state index contributed by atoms with van der Waals surface area (Å²) >= 11 is 0. The van der Waals surface area contributed by atoms with Crippen molar-refractivity contribution in [2.24, 2.45) is 11.3 Å². The van der Waals surface area contributed by atoms with Gasteiger partial charge in [-0.15, -0.1) is 24.8 Å². The molecule has 1 amide bonds. The number of nitrogens with one attached hydrogen (secondary N) is 1. The van der Waals surface area contributed by atoms with Crippen LogP contribution in [-0.4, -0.2) is 61.6 Å². The number of carbonyl (C=O) groups is 1. The number of benzene rings is 1. The van der Waals surface area contributed by atoms with Crippen LogP contribution in [0.1, 0.15) is 31.7 Å². The first-order valence-corrected chi connectivity index (χ1v) is 10.1. The van der Waals surface area contributed by atoms with Crippen molar-refractivity contribution in [3.63, 3.8) is 0 Å². The van der Waals surface area contributed by atoms with Gasteiger partial charge in [0.05, 0.1) is 6.61 Å². The molecule has 1 aromatic carbocycles. The second-order valence-electron chi connectivity index (χ2n) is 8.05.